The van der Waals surface area contributed by atoms with Gasteiger partial charge in [0.1, 0.15) is 28.6 Å². The highest BCUT2D eigenvalue weighted by Gasteiger charge is 2.20. The van der Waals surface area contributed by atoms with E-state index >= 15 is 0 Å². The summed E-state index contributed by atoms with van der Waals surface area (Å²) in [6.07, 6.45) is 22.6. The SMILES string of the molecule is CCCCCCCCCCCCCCOc1ccc(C(=O)Oc2ccc(-c3ccc(C(=O)O[C@H](C)CCCCCC)cc3)cc2)c(OC(=O)CCCCCOc2ccc(-c3ccc(C#N)cc3)cc2)c1. The highest BCUT2D eigenvalue weighted by molar-refractivity contribution is 5.95. The molecule has 70 heavy (non-hydrogen) atoms. The topological polar surface area (TPSA) is 121 Å². The number of nitrogens with zero attached hydrogens (tertiary/aromatic N) is 1. The molecule has 0 aromatic heterocycles. The van der Waals surface area contributed by atoms with E-state index in [1.165, 1.54) is 77.0 Å². The van der Waals surface area contributed by atoms with Crippen molar-refractivity contribution in [1.82, 2.24) is 0 Å². The summed E-state index contributed by atoms with van der Waals surface area (Å²) in [6, 6.07) is 36.8. The van der Waals surface area contributed by atoms with Gasteiger partial charge in [0, 0.05) is 12.5 Å². The van der Waals surface area contributed by atoms with Crippen LogP contribution in [0, 0.1) is 11.3 Å². The van der Waals surface area contributed by atoms with E-state index in [2.05, 4.69) is 19.9 Å². The number of carbonyl (C=O) groups is 3. The van der Waals surface area contributed by atoms with Crippen LogP contribution in [0.4, 0.5) is 0 Å². The number of hydrogen-bond donors (Lipinski definition) is 0. The van der Waals surface area contributed by atoms with E-state index in [1.807, 2.05) is 67.6 Å². The minimum atomic E-state index is -0.660. The van der Waals surface area contributed by atoms with Gasteiger partial charge in [0.2, 0.25) is 0 Å². The molecular formula is C61H75NO8. The van der Waals surface area contributed by atoms with Crippen LogP contribution < -0.4 is 18.9 Å². The van der Waals surface area contributed by atoms with Gasteiger partial charge in [-0.05, 0) is 128 Å². The largest absolute Gasteiger partial charge is 0.494 e. The Labute approximate surface area is 417 Å². The van der Waals surface area contributed by atoms with E-state index in [1.54, 1.807) is 54.6 Å². The van der Waals surface area contributed by atoms with Crippen molar-refractivity contribution >= 4 is 17.9 Å². The monoisotopic (exact) mass is 950 g/mol. The number of benzene rings is 5. The van der Waals surface area contributed by atoms with Gasteiger partial charge in [-0.2, -0.15) is 5.26 Å². The second-order valence-corrected chi connectivity index (χ2v) is 18.3. The molecule has 0 amide bonds. The lowest BCUT2D eigenvalue weighted by Gasteiger charge is -2.14. The van der Waals surface area contributed by atoms with Gasteiger partial charge in [0.25, 0.3) is 0 Å². The van der Waals surface area contributed by atoms with Gasteiger partial charge < -0.3 is 23.7 Å². The summed E-state index contributed by atoms with van der Waals surface area (Å²) in [6.45, 7) is 7.40. The summed E-state index contributed by atoms with van der Waals surface area (Å²) >= 11 is 0. The molecule has 0 spiro atoms. The van der Waals surface area contributed by atoms with Crippen LogP contribution in [0.2, 0.25) is 0 Å². The van der Waals surface area contributed by atoms with Crippen LogP contribution in [0.25, 0.3) is 22.3 Å². The van der Waals surface area contributed by atoms with Crippen molar-refractivity contribution < 1.29 is 38.1 Å². The van der Waals surface area contributed by atoms with Crippen LogP contribution in [-0.2, 0) is 9.53 Å². The van der Waals surface area contributed by atoms with E-state index in [-0.39, 0.29) is 29.8 Å². The van der Waals surface area contributed by atoms with E-state index in [0.29, 0.717) is 42.3 Å². The Hall–Kier alpha value is -6.40. The molecule has 1 atom stereocenters. The highest BCUT2D eigenvalue weighted by Crippen LogP contribution is 2.30. The lowest BCUT2D eigenvalue weighted by atomic mass is 10.0. The van der Waals surface area contributed by atoms with Crippen molar-refractivity contribution in [3.05, 3.63) is 132 Å². The van der Waals surface area contributed by atoms with Crippen LogP contribution in [0.3, 0.4) is 0 Å². The second kappa shape index (κ2) is 31.7. The smallest absolute Gasteiger partial charge is 0.347 e. The normalized spacial score (nSPS) is 11.3. The number of rotatable bonds is 33. The Morgan fingerprint density at radius 1 is 0.486 bits per heavy atom. The predicted octanol–water partition coefficient (Wildman–Crippen LogP) is 16.3. The summed E-state index contributed by atoms with van der Waals surface area (Å²) < 4.78 is 29.4. The molecule has 0 unspecified atom stereocenters. The molecule has 9 heteroatoms. The van der Waals surface area contributed by atoms with Gasteiger partial charge in [-0.15, -0.1) is 0 Å². The molecule has 5 aromatic carbocycles. The molecule has 0 heterocycles. The Morgan fingerprint density at radius 3 is 1.50 bits per heavy atom. The van der Waals surface area contributed by atoms with Crippen molar-refractivity contribution in [3.63, 3.8) is 0 Å². The molecule has 0 aliphatic carbocycles. The highest BCUT2D eigenvalue weighted by atomic mass is 16.6. The minimum Gasteiger partial charge on any atom is -0.494 e. The first-order valence-corrected chi connectivity index (χ1v) is 26.1. The number of ether oxygens (including phenoxy) is 5. The van der Waals surface area contributed by atoms with Gasteiger partial charge in [-0.25, -0.2) is 9.59 Å². The van der Waals surface area contributed by atoms with E-state index < -0.39 is 11.9 Å². The Morgan fingerprint density at radius 2 is 0.943 bits per heavy atom. The third kappa shape index (κ3) is 19.9. The molecule has 372 valence electrons. The van der Waals surface area contributed by atoms with Gasteiger partial charge in [-0.3, -0.25) is 4.79 Å². The molecule has 5 aromatic rings. The van der Waals surface area contributed by atoms with Gasteiger partial charge in [-0.1, -0.05) is 152 Å². The molecule has 0 aliphatic heterocycles. The van der Waals surface area contributed by atoms with Crippen molar-refractivity contribution in [2.45, 2.75) is 162 Å². The zero-order chi connectivity index (χ0) is 49.6. The van der Waals surface area contributed by atoms with E-state index in [0.717, 1.165) is 72.9 Å². The predicted molar refractivity (Wildman–Crippen MR) is 280 cm³/mol. The number of carbonyl (C=O) groups excluding carboxylic acids is 3. The molecule has 0 N–H and O–H groups in total. The van der Waals surface area contributed by atoms with Crippen LogP contribution >= 0.6 is 0 Å². The Balaban J connectivity index is 1.11. The van der Waals surface area contributed by atoms with Gasteiger partial charge in [0.15, 0.2) is 0 Å². The zero-order valence-electron chi connectivity index (χ0n) is 42.0. The minimum absolute atomic E-state index is 0.0936. The van der Waals surface area contributed by atoms with Crippen LogP contribution in [0.5, 0.6) is 23.0 Å². The molecule has 9 nitrogen and oxygen atoms in total. The molecule has 0 saturated heterocycles. The molecule has 0 bridgehead atoms. The molecular weight excluding hydrogens is 875 g/mol. The molecule has 0 fully saturated rings. The lowest BCUT2D eigenvalue weighted by Crippen LogP contribution is -2.15. The van der Waals surface area contributed by atoms with Gasteiger partial charge >= 0.3 is 17.9 Å². The van der Waals surface area contributed by atoms with Crippen molar-refractivity contribution in [3.8, 4) is 51.3 Å². The fraction of sp³-hybridized carbons (Fsp3) is 0.443. The summed E-state index contributed by atoms with van der Waals surface area (Å²) in [7, 11) is 0. The number of hydrogen-bond acceptors (Lipinski definition) is 9. The zero-order valence-corrected chi connectivity index (χ0v) is 42.0. The van der Waals surface area contributed by atoms with Crippen molar-refractivity contribution in [2.75, 3.05) is 13.2 Å². The third-order valence-electron chi connectivity index (χ3n) is 12.5. The fourth-order valence-corrected chi connectivity index (χ4v) is 8.22. The number of unbranched alkanes of at least 4 members (excludes halogenated alkanes) is 16. The Kier molecular flexibility index (Phi) is 24.7. The van der Waals surface area contributed by atoms with Gasteiger partial charge in [0.05, 0.1) is 36.5 Å². The van der Waals surface area contributed by atoms with E-state index in [4.69, 9.17) is 28.9 Å². The maximum absolute atomic E-state index is 13.7. The summed E-state index contributed by atoms with van der Waals surface area (Å²) in [5.41, 5.74) is 5.09. The molecule has 0 radical (unpaired) electrons. The summed E-state index contributed by atoms with van der Waals surface area (Å²) in [5.74, 6) is 0.261. The maximum atomic E-state index is 13.7. The van der Waals surface area contributed by atoms with Crippen molar-refractivity contribution in [2.24, 2.45) is 0 Å². The molecule has 0 saturated carbocycles. The molecule has 0 aliphatic rings. The van der Waals surface area contributed by atoms with Crippen LogP contribution in [0.1, 0.15) is 182 Å². The second-order valence-electron chi connectivity index (χ2n) is 18.3. The standard InChI is InChI=1S/C61H75NO8/c1-4-6-8-10-11-12-13-14-15-16-17-21-44-67-56-41-42-57(58(45-56)70-59(63)24-20-18-22-43-66-54-37-33-51(34-38-54)49-27-25-48(46-62)26-28-49)61(65)69-55-39-35-52(36-40-55)50-29-31-53(32-30-50)60(64)68-47(3)23-19-9-7-5-2/h25-42,45,47H,4-24,43-44H2,1-3H3/t47-/m1/s1. The quantitative estimate of drug-likeness (QED) is 0.0230. The number of nitriles is 1. The number of esters is 3. The maximum Gasteiger partial charge on any atom is 0.347 e. The average Bonchev–Trinajstić information content (AvgIpc) is 3.38. The first-order chi connectivity index (χ1) is 34.3. The summed E-state index contributed by atoms with van der Waals surface area (Å²) in [5, 5.41) is 9.07. The van der Waals surface area contributed by atoms with Crippen LogP contribution in [0.15, 0.2) is 115 Å². The lowest BCUT2D eigenvalue weighted by molar-refractivity contribution is -0.134. The Bertz CT molecular complexity index is 2330. The molecule has 5 rings (SSSR count). The summed E-state index contributed by atoms with van der Waals surface area (Å²) in [4.78, 5) is 39.7. The van der Waals surface area contributed by atoms with Crippen molar-refractivity contribution in [1.29, 1.82) is 5.26 Å². The van der Waals surface area contributed by atoms with E-state index in [9.17, 15) is 14.4 Å². The van der Waals surface area contributed by atoms with Crippen LogP contribution in [-0.4, -0.2) is 37.2 Å². The third-order valence-corrected chi connectivity index (χ3v) is 12.5. The fourth-order valence-electron chi connectivity index (χ4n) is 8.22. The average molecular weight is 950 g/mol. The first kappa shape index (κ1) is 54.5. The first-order valence-electron chi connectivity index (χ1n) is 26.1.